The van der Waals surface area contributed by atoms with Crippen molar-refractivity contribution in [2.24, 2.45) is 5.41 Å². The number of carboxylic acid groups (broad SMARTS) is 2. The zero-order valence-corrected chi connectivity index (χ0v) is 13.8. The van der Waals surface area contributed by atoms with E-state index < -0.39 is 0 Å². The average molecular weight is 306 g/mol. The van der Waals surface area contributed by atoms with Crippen LogP contribution in [0.5, 0.6) is 0 Å². The van der Waals surface area contributed by atoms with Crippen LogP contribution in [0.15, 0.2) is 16.7 Å². The number of hydrogen-bond acceptors (Lipinski definition) is 3. The van der Waals surface area contributed by atoms with Gasteiger partial charge in [0.25, 0.3) is 12.9 Å². The summed E-state index contributed by atoms with van der Waals surface area (Å²) in [6, 6.07) is 0. The van der Waals surface area contributed by atoms with Gasteiger partial charge in [0.05, 0.1) is 0 Å². The van der Waals surface area contributed by atoms with E-state index in [0.717, 1.165) is 7.11 Å². The molecule has 0 atom stereocenters. The molecule has 0 spiro atoms. The second-order valence-corrected chi connectivity index (χ2v) is 3.84. The molecule has 0 radical (unpaired) electrons. The SMILES string of the molecule is CC1=[C-]C(C)(C)C(C)=C1C.C[O-].O=CO.O=CO.[Ti+2]. The van der Waals surface area contributed by atoms with Crippen molar-refractivity contribution in [3.8, 4) is 0 Å². The molecule has 1 aliphatic rings. The third kappa shape index (κ3) is 11.9. The van der Waals surface area contributed by atoms with Gasteiger partial charge in [-0.05, 0) is 0 Å². The summed E-state index contributed by atoms with van der Waals surface area (Å²) in [7, 11) is 0.750. The Balaban J connectivity index is -0.000000106. The molecule has 0 fully saturated rings. The van der Waals surface area contributed by atoms with Crippen LogP contribution in [0.2, 0.25) is 0 Å². The molecule has 1 aliphatic carbocycles. The van der Waals surface area contributed by atoms with E-state index in [1.165, 1.54) is 16.7 Å². The first kappa shape index (κ1) is 26.6. The molecule has 108 valence electrons. The summed E-state index contributed by atoms with van der Waals surface area (Å²) in [5, 5.41) is 22.0. The molecule has 0 amide bonds. The Hall–Kier alpha value is -0.906. The van der Waals surface area contributed by atoms with Gasteiger partial charge in [0, 0.05) is 0 Å². The maximum atomic E-state index is 8.36. The molecule has 1 rings (SSSR count). The fourth-order valence-electron chi connectivity index (χ4n) is 1.41. The van der Waals surface area contributed by atoms with Gasteiger partial charge in [-0.15, -0.1) is 6.92 Å². The van der Waals surface area contributed by atoms with Crippen molar-refractivity contribution < 1.29 is 46.6 Å². The van der Waals surface area contributed by atoms with E-state index in [9.17, 15) is 0 Å². The summed E-state index contributed by atoms with van der Waals surface area (Å²) in [6.45, 7) is 10.4. The molecular weight excluding hydrogens is 284 g/mol. The predicted octanol–water partition coefficient (Wildman–Crippen LogP) is 1.49. The first-order valence-corrected chi connectivity index (χ1v) is 5.15. The molecule has 0 unspecified atom stereocenters. The van der Waals surface area contributed by atoms with Gasteiger partial charge in [0.2, 0.25) is 0 Å². The molecule has 6 heteroatoms. The normalized spacial score (nSPS) is 13.9. The Kier molecular flexibility index (Phi) is 21.2. The summed E-state index contributed by atoms with van der Waals surface area (Å²) in [5.74, 6) is 0. The van der Waals surface area contributed by atoms with E-state index in [1.54, 1.807) is 0 Å². The van der Waals surface area contributed by atoms with Gasteiger partial charge in [-0.3, -0.25) is 15.7 Å². The van der Waals surface area contributed by atoms with Gasteiger partial charge < -0.3 is 15.3 Å². The minimum Gasteiger partial charge on any atom is -0.857 e. The van der Waals surface area contributed by atoms with E-state index in [2.05, 4.69) is 40.7 Å². The van der Waals surface area contributed by atoms with E-state index in [-0.39, 0.29) is 40.1 Å². The first-order chi connectivity index (χ1) is 8.28. The smallest absolute Gasteiger partial charge is 0.857 e. The Morgan fingerprint density at radius 2 is 1.32 bits per heavy atom. The minimum absolute atomic E-state index is 0. The molecule has 19 heavy (non-hydrogen) atoms. The van der Waals surface area contributed by atoms with Gasteiger partial charge in [0.1, 0.15) is 0 Å². The molecule has 0 saturated carbocycles. The Labute approximate surface area is 129 Å². The minimum atomic E-state index is -0.250. The third-order valence-corrected chi connectivity index (χ3v) is 2.56. The van der Waals surface area contributed by atoms with Gasteiger partial charge in [0.15, 0.2) is 0 Å². The maximum absolute atomic E-state index is 8.36. The number of rotatable bonds is 0. The van der Waals surface area contributed by atoms with Crippen LogP contribution in [-0.4, -0.2) is 30.3 Å². The second kappa shape index (κ2) is 15.2. The van der Waals surface area contributed by atoms with Gasteiger partial charge in [-0.2, -0.15) is 18.3 Å². The largest absolute Gasteiger partial charge is 2.00 e. The van der Waals surface area contributed by atoms with Crippen LogP contribution in [0.4, 0.5) is 0 Å². The van der Waals surface area contributed by atoms with Crippen LogP contribution < -0.4 is 5.11 Å². The third-order valence-electron chi connectivity index (χ3n) is 2.56. The number of hydrogen-bond donors (Lipinski definition) is 2. The topological polar surface area (TPSA) is 97.7 Å². The molecule has 0 aromatic rings. The fraction of sp³-hybridized carbons (Fsp3) is 0.538. The van der Waals surface area contributed by atoms with Crippen molar-refractivity contribution in [3.05, 3.63) is 22.8 Å². The molecule has 0 saturated heterocycles. The molecular formula is C13H22O5Ti. The van der Waals surface area contributed by atoms with E-state index >= 15 is 0 Å². The summed E-state index contributed by atoms with van der Waals surface area (Å²) in [6.07, 6.45) is 3.44. The Morgan fingerprint density at radius 1 is 1.05 bits per heavy atom. The molecule has 0 heterocycles. The molecule has 0 aromatic heterocycles. The Bertz CT molecular complexity index is 300. The molecule has 5 nitrogen and oxygen atoms in total. The summed E-state index contributed by atoms with van der Waals surface area (Å²) < 4.78 is 0. The zero-order chi connectivity index (χ0) is 15.4. The first-order valence-electron chi connectivity index (χ1n) is 5.15. The van der Waals surface area contributed by atoms with Crippen molar-refractivity contribution in [3.63, 3.8) is 0 Å². The monoisotopic (exact) mass is 306 g/mol. The fourth-order valence-corrected chi connectivity index (χ4v) is 1.41. The van der Waals surface area contributed by atoms with E-state index in [0.29, 0.717) is 0 Å². The van der Waals surface area contributed by atoms with Crippen LogP contribution in [-0.2, 0) is 31.3 Å². The standard InChI is InChI=1S/C10H15.2CH2O2.CH3O.Ti/c1-7-6-10(4,5)9(3)8(7)2;2*2-1-3;1-2;/h1-5H3;2*1H,(H,2,3);1H3;/q-1;;;-1;+2. The quantitative estimate of drug-likeness (QED) is 0.401. The summed E-state index contributed by atoms with van der Waals surface area (Å²) in [5.41, 5.74) is 4.39. The van der Waals surface area contributed by atoms with Gasteiger partial charge in [-0.25, -0.2) is 5.57 Å². The van der Waals surface area contributed by atoms with Crippen molar-refractivity contribution in [2.45, 2.75) is 34.6 Å². The number of allylic oxidation sites excluding steroid dienone is 4. The van der Waals surface area contributed by atoms with E-state index in [1.807, 2.05) is 0 Å². The molecule has 0 aromatic carbocycles. The van der Waals surface area contributed by atoms with Gasteiger partial charge >= 0.3 is 21.7 Å². The molecule has 2 N–H and O–H groups in total. The van der Waals surface area contributed by atoms with Crippen LogP contribution in [0.25, 0.3) is 0 Å². The second-order valence-electron chi connectivity index (χ2n) is 3.84. The van der Waals surface area contributed by atoms with Crippen LogP contribution >= 0.6 is 0 Å². The van der Waals surface area contributed by atoms with Gasteiger partial charge in [-0.1, -0.05) is 33.1 Å². The summed E-state index contributed by atoms with van der Waals surface area (Å²) >= 11 is 0. The van der Waals surface area contributed by atoms with Crippen molar-refractivity contribution in [1.29, 1.82) is 0 Å². The maximum Gasteiger partial charge on any atom is 2.00 e. The summed E-state index contributed by atoms with van der Waals surface area (Å²) in [4.78, 5) is 16.7. The van der Waals surface area contributed by atoms with Crippen LogP contribution in [0.3, 0.4) is 0 Å². The van der Waals surface area contributed by atoms with Crippen molar-refractivity contribution >= 4 is 12.9 Å². The molecule has 0 bridgehead atoms. The van der Waals surface area contributed by atoms with Crippen molar-refractivity contribution in [1.82, 2.24) is 0 Å². The van der Waals surface area contributed by atoms with Crippen LogP contribution in [0, 0.1) is 11.5 Å². The number of carbonyl (C=O) groups is 2. The van der Waals surface area contributed by atoms with Crippen molar-refractivity contribution in [2.75, 3.05) is 7.11 Å². The zero-order valence-electron chi connectivity index (χ0n) is 12.3. The average Bonchev–Trinajstić information content (AvgIpc) is 2.47. The Morgan fingerprint density at radius 3 is 1.37 bits per heavy atom. The molecule has 0 aliphatic heterocycles. The van der Waals surface area contributed by atoms with Crippen LogP contribution in [0.1, 0.15) is 34.6 Å². The van der Waals surface area contributed by atoms with E-state index in [4.69, 9.17) is 24.9 Å². The predicted molar refractivity (Wildman–Crippen MR) is 67.9 cm³/mol.